The highest BCUT2D eigenvalue weighted by atomic mass is 16.2. The van der Waals surface area contributed by atoms with E-state index in [0.717, 1.165) is 81.7 Å². The highest BCUT2D eigenvalue weighted by molar-refractivity contribution is 5.99. The number of aryl methyl sites for hydroxylation is 1. The molecule has 0 aromatic carbocycles. The Morgan fingerprint density at radius 1 is 1.11 bits per heavy atom. The summed E-state index contributed by atoms with van der Waals surface area (Å²) < 4.78 is 0. The number of anilines is 1. The van der Waals surface area contributed by atoms with Crippen molar-refractivity contribution in [2.75, 3.05) is 44.2 Å². The standard InChI is InChI=1S/C19H27N7O/c1-15-21-17(23-22-15)14-24-10-12-25(13-11-24)18-16(6-5-7-20-18)19(27)26-8-3-2-4-9-26/h5-7H,2-4,8-14H2,1H3,(H,21,22,23). The van der Waals surface area contributed by atoms with E-state index in [1.165, 1.54) is 6.42 Å². The Hall–Kier alpha value is -2.48. The zero-order valence-electron chi connectivity index (χ0n) is 15.9. The van der Waals surface area contributed by atoms with E-state index in [-0.39, 0.29) is 5.91 Å². The number of carbonyl (C=O) groups is 1. The van der Waals surface area contributed by atoms with Gasteiger partial charge >= 0.3 is 0 Å². The third-order valence-corrected chi connectivity index (χ3v) is 5.34. The molecule has 0 unspecified atom stereocenters. The van der Waals surface area contributed by atoms with Gasteiger partial charge in [-0.3, -0.25) is 14.8 Å². The Balaban J connectivity index is 1.41. The Kier molecular flexibility index (Phi) is 5.33. The number of aromatic amines is 1. The fourth-order valence-electron chi connectivity index (χ4n) is 3.86. The Morgan fingerprint density at radius 2 is 1.89 bits per heavy atom. The van der Waals surface area contributed by atoms with Gasteiger partial charge in [-0.05, 0) is 38.3 Å². The van der Waals surface area contributed by atoms with E-state index in [4.69, 9.17) is 0 Å². The lowest BCUT2D eigenvalue weighted by Crippen LogP contribution is -2.47. The van der Waals surface area contributed by atoms with Crippen molar-refractivity contribution < 1.29 is 4.79 Å². The second-order valence-corrected chi connectivity index (χ2v) is 7.33. The topological polar surface area (TPSA) is 81.2 Å². The highest BCUT2D eigenvalue weighted by Crippen LogP contribution is 2.22. The molecule has 1 N–H and O–H groups in total. The van der Waals surface area contributed by atoms with E-state index < -0.39 is 0 Å². The number of hydrogen-bond acceptors (Lipinski definition) is 6. The minimum atomic E-state index is 0.122. The monoisotopic (exact) mass is 369 g/mol. The molecule has 2 fully saturated rings. The first-order valence-corrected chi connectivity index (χ1v) is 9.80. The molecule has 0 saturated carbocycles. The molecule has 0 spiro atoms. The molecule has 2 aromatic heterocycles. The normalized spacial score (nSPS) is 18.7. The first kappa shape index (κ1) is 17.9. The lowest BCUT2D eigenvalue weighted by atomic mass is 10.1. The molecule has 2 aromatic rings. The average Bonchev–Trinajstić information content (AvgIpc) is 3.13. The first-order valence-electron chi connectivity index (χ1n) is 9.80. The molecular weight excluding hydrogens is 342 g/mol. The van der Waals surface area contributed by atoms with Crippen LogP contribution >= 0.6 is 0 Å². The summed E-state index contributed by atoms with van der Waals surface area (Å²) in [5.74, 6) is 2.62. The van der Waals surface area contributed by atoms with Gasteiger partial charge in [-0.1, -0.05) is 0 Å². The number of aromatic nitrogens is 4. The summed E-state index contributed by atoms with van der Waals surface area (Å²) in [4.78, 5) is 28.5. The molecule has 27 heavy (non-hydrogen) atoms. The first-order chi connectivity index (χ1) is 13.2. The lowest BCUT2D eigenvalue weighted by Gasteiger charge is -2.36. The molecule has 1 amide bonds. The zero-order chi connectivity index (χ0) is 18.6. The summed E-state index contributed by atoms with van der Waals surface area (Å²) in [5, 5.41) is 7.12. The van der Waals surface area contributed by atoms with Crippen molar-refractivity contribution in [3.05, 3.63) is 35.5 Å². The Morgan fingerprint density at radius 3 is 2.59 bits per heavy atom. The summed E-state index contributed by atoms with van der Waals surface area (Å²) in [6.07, 6.45) is 5.20. The Bertz CT molecular complexity index is 776. The van der Waals surface area contributed by atoms with Crippen LogP contribution in [0.1, 0.15) is 41.3 Å². The molecule has 2 aliphatic rings. The molecule has 2 aliphatic heterocycles. The van der Waals surface area contributed by atoms with E-state index in [2.05, 4.69) is 30.0 Å². The maximum absolute atomic E-state index is 13.0. The fraction of sp³-hybridized carbons (Fsp3) is 0.579. The highest BCUT2D eigenvalue weighted by Gasteiger charge is 2.26. The molecule has 0 atom stereocenters. The zero-order valence-corrected chi connectivity index (χ0v) is 15.9. The maximum atomic E-state index is 13.0. The number of carbonyl (C=O) groups excluding carboxylic acids is 1. The van der Waals surface area contributed by atoms with Crippen LogP contribution in [0.3, 0.4) is 0 Å². The van der Waals surface area contributed by atoms with E-state index in [1.807, 2.05) is 24.0 Å². The van der Waals surface area contributed by atoms with Crippen molar-refractivity contribution in [2.24, 2.45) is 0 Å². The predicted octanol–water partition coefficient (Wildman–Crippen LogP) is 1.46. The lowest BCUT2D eigenvalue weighted by molar-refractivity contribution is 0.0724. The van der Waals surface area contributed by atoms with Crippen LogP contribution in [-0.2, 0) is 6.54 Å². The minimum Gasteiger partial charge on any atom is -0.353 e. The number of rotatable bonds is 4. The van der Waals surface area contributed by atoms with E-state index in [9.17, 15) is 4.79 Å². The van der Waals surface area contributed by atoms with Crippen LogP contribution < -0.4 is 4.90 Å². The van der Waals surface area contributed by atoms with Gasteiger partial charge in [0.2, 0.25) is 0 Å². The van der Waals surface area contributed by atoms with Crippen molar-refractivity contribution in [3.8, 4) is 0 Å². The van der Waals surface area contributed by atoms with E-state index in [0.29, 0.717) is 0 Å². The number of piperazine rings is 1. The van der Waals surface area contributed by atoms with Gasteiger partial charge < -0.3 is 9.80 Å². The number of H-pyrrole nitrogens is 1. The number of likely N-dealkylation sites (tertiary alicyclic amines) is 1. The van der Waals surface area contributed by atoms with E-state index in [1.54, 1.807) is 6.20 Å². The van der Waals surface area contributed by atoms with Crippen molar-refractivity contribution >= 4 is 11.7 Å². The van der Waals surface area contributed by atoms with Gasteiger partial charge in [0.1, 0.15) is 11.6 Å². The van der Waals surface area contributed by atoms with Gasteiger partial charge in [0.05, 0.1) is 12.1 Å². The predicted molar refractivity (Wildman–Crippen MR) is 103 cm³/mol. The van der Waals surface area contributed by atoms with E-state index >= 15 is 0 Å². The van der Waals surface area contributed by atoms with Gasteiger partial charge in [-0.2, -0.15) is 5.10 Å². The number of pyridine rings is 1. The van der Waals surface area contributed by atoms with Crippen LogP contribution in [0.25, 0.3) is 0 Å². The molecule has 4 heterocycles. The Labute approximate surface area is 159 Å². The summed E-state index contributed by atoms with van der Waals surface area (Å²) in [6.45, 7) is 7.88. The smallest absolute Gasteiger partial charge is 0.257 e. The second-order valence-electron chi connectivity index (χ2n) is 7.33. The molecule has 8 nitrogen and oxygen atoms in total. The van der Waals surface area contributed by atoms with Crippen LogP contribution in [0.2, 0.25) is 0 Å². The number of hydrogen-bond donors (Lipinski definition) is 1. The third kappa shape index (κ3) is 4.10. The minimum absolute atomic E-state index is 0.122. The van der Waals surface area contributed by atoms with Gasteiger partial charge in [-0.25, -0.2) is 9.97 Å². The number of nitrogens with zero attached hydrogens (tertiary/aromatic N) is 6. The molecule has 0 radical (unpaired) electrons. The van der Waals surface area contributed by atoms with Crippen LogP contribution in [0.4, 0.5) is 5.82 Å². The fourth-order valence-corrected chi connectivity index (χ4v) is 3.86. The molecule has 4 rings (SSSR count). The molecule has 144 valence electrons. The molecule has 8 heteroatoms. The van der Waals surface area contributed by atoms with Crippen molar-refractivity contribution in [2.45, 2.75) is 32.7 Å². The molecular formula is C19H27N7O. The van der Waals surface area contributed by atoms with Crippen LogP contribution in [0, 0.1) is 6.92 Å². The van der Waals surface area contributed by atoms with Crippen LogP contribution in [0.5, 0.6) is 0 Å². The quantitative estimate of drug-likeness (QED) is 0.879. The summed E-state index contributed by atoms with van der Waals surface area (Å²) >= 11 is 0. The number of amides is 1. The van der Waals surface area contributed by atoms with Crippen LogP contribution in [0.15, 0.2) is 18.3 Å². The van der Waals surface area contributed by atoms with Gasteiger partial charge in [0.15, 0.2) is 5.82 Å². The molecule has 0 aliphatic carbocycles. The van der Waals surface area contributed by atoms with Gasteiger partial charge in [0, 0.05) is 45.5 Å². The van der Waals surface area contributed by atoms with Crippen molar-refractivity contribution in [1.29, 1.82) is 0 Å². The van der Waals surface area contributed by atoms with Crippen LogP contribution in [-0.4, -0.2) is 75.1 Å². The number of piperidine rings is 1. The second kappa shape index (κ2) is 8.04. The number of nitrogens with one attached hydrogen (secondary N) is 1. The van der Waals surface area contributed by atoms with Crippen molar-refractivity contribution in [3.63, 3.8) is 0 Å². The summed E-state index contributed by atoms with van der Waals surface area (Å²) in [7, 11) is 0. The van der Waals surface area contributed by atoms with Gasteiger partial charge in [-0.15, -0.1) is 0 Å². The summed E-state index contributed by atoms with van der Waals surface area (Å²) in [5.41, 5.74) is 0.734. The largest absolute Gasteiger partial charge is 0.353 e. The molecule has 2 saturated heterocycles. The SMILES string of the molecule is Cc1nc(CN2CCN(c3ncccc3C(=O)N3CCCCC3)CC2)n[nH]1. The van der Waals surface area contributed by atoms with Crippen molar-refractivity contribution in [1.82, 2.24) is 30.0 Å². The molecule has 0 bridgehead atoms. The summed E-state index contributed by atoms with van der Waals surface area (Å²) in [6, 6.07) is 3.78. The maximum Gasteiger partial charge on any atom is 0.257 e. The third-order valence-electron chi connectivity index (χ3n) is 5.34. The average molecular weight is 369 g/mol. The van der Waals surface area contributed by atoms with Gasteiger partial charge in [0.25, 0.3) is 5.91 Å².